The second-order valence-corrected chi connectivity index (χ2v) is 5.97. The van der Waals surface area contributed by atoms with Gasteiger partial charge >= 0.3 is 0 Å². The van der Waals surface area contributed by atoms with E-state index in [1.165, 1.54) is 6.08 Å². The summed E-state index contributed by atoms with van der Waals surface area (Å²) in [4.78, 5) is 12.5. The largest absolute Gasteiger partial charge is 0.497 e. The Labute approximate surface area is 165 Å². The molecule has 1 N–H and O–H groups in total. The van der Waals surface area contributed by atoms with Gasteiger partial charge in [-0.25, -0.2) is 0 Å². The van der Waals surface area contributed by atoms with Crippen molar-refractivity contribution in [1.29, 1.82) is 5.26 Å². The Kier molecular flexibility index (Phi) is 7.92. The minimum atomic E-state index is -0.500. The van der Waals surface area contributed by atoms with E-state index < -0.39 is 5.91 Å². The molecule has 0 spiro atoms. The summed E-state index contributed by atoms with van der Waals surface area (Å²) in [5.74, 6) is 1.30. The highest BCUT2D eigenvalue weighted by atomic mass is 16.5. The standard InChI is InChI=1S/C22H24N2O4/c1-4-5-11-28-21-13-16(9-10-20(21)27-3)12-17(15-23)22(25)24-18-7-6-8-19(14-18)26-2/h6-10,12-14H,4-5,11H2,1-3H3,(H,24,25)/b17-12+. The number of unbranched alkanes of at least 4 members (excludes halogenated alkanes) is 1. The Morgan fingerprint density at radius 1 is 1.14 bits per heavy atom. The minimum absolute atomic E-state index is 0.0208. The van der Waals surface area contributed by atoms with E-state index in [1.807, 2.05) is 6.07 Å². The van der Waals surface area contributed by atoms with Crippen LogP contribution in [0.25, 0.3) is 6.08 Å². The van der Waals surface area contributed by atoms with E-state index in [-0.39, 0.29) is 5.57 Å². The number of methoxy groups -OCH3 is 2. The van der Waals surface area contributed by atoms with Crippen LogP contribution in [0.4, 0.5) is 5.69 Å². The van der Waals surface area contributed by atoms with Crippen LogP contribution in [-0.2, 0) is 4.79 Å². The number of benzene rings is 2. The molecular weight excluding hydrogens is 356 g/mol. The van der Waals surface area contributed by atoms with Crippen molar-refractivity contribution in [2.24, 2.45) is 0 Å². The number of carbonyl (C=O) groups is 1. The monoisotopic (exact) mass is 380 g/mol. The molecule has 2 rings (SSSR count). The molecule has 0 saturated heterocycles. The third kappa shape index (κ3) is 5.78. The van der Waals surface area contributed by atoms with Gasteiger partial charge in [-0.15, -0.1) is 0 Å². The van der Waals surface area contributed by atoms with Gasteiger partial charge in [0, 0.05) is 11.8 Å². The van der Waals surface area contributed by atoms with Gasteiger partial charge in [-0.2, -0.15) is 5.26 Å². The zero-order valence-corrected chi connectivity index (χ0v) is 16.3. The third-order valence-electron chi connectivity index (χ3n) is 3.95. The normalized spacial score (nSPS) is 10.7. The van der Waals surface area contributed by atoms with Gasteiger partial charge in [-0.1, -0.05) is 25.5 Å². The van der Waals surface area contributed by atoms with Crippen molar-refractivity contribution >= 4 is 17.7 Å². The number of amides is 1. The van der Waals surface area contributed by atoms with Crippen LogP contribution in [-0.4, -0.2) is 26.7 Å². The van der Waals surface area contributed by atoms with Crippen LogP contribution < -0.4 is 19.5 Å². The zero-order valence-electron chi connectivity index (χ0n) is 16.3. The first kappa shape index (κ1) is 20.8. The predicted octanol–water partition coefficient (Wildman–Crippen LogP) is 4.43. The molecule has 0 radical (unpaired) electrons. The van der Waals surface area contributed by atoms with Gasteiger partial charge in [0.25, 0.3) is 5.91 Å². The van der Waals surface area contributed by atoms with E-state index in [1.54, 1.807) is 56.7 Å². The number of rotatable bonds is 9. The van der Waals surface area contributed by atoms with Crippen LogP contribution >= 0.6 is 0 Å². The number of nitrogens with zero attached hydrogens (tertiary/aromatic N) is 1. The molecule has 0 fully saturated rings. The molecule has 0 bridgehead atoms. The summed E-state index contributed by atoms with van der Waals surface area (Å²) >= 11 is 0. The van der Waals surface area contributed by atoms with Gasteiger partial charge in [0.15, 0.2) is 11.5 Å². The van der Waals surface area contributed by atoms with Crippen LogP contribution in [0.3, 0.4) is 0 Å². The van der Waals surface area contributed by atoms with Gasteiger partial charge in [0.2, 0.25) is 0 Å². The summed E-state index contributed by atoms with van der Waals surface area (Å²) in [6, 6.07) is 14.2. The lowest BCUT2D eigenvalue weighted by atomic mass is 10.1. The fourth-order valence-electron chi connectivity index (χ4n) is 2.44. The highest BCUT2D eigenvalue weighted by molar-refractivity contribution is 6.09. The van der Waals surface area contributed by atoms with E-state index >= 15 is 0 Å². The molecule has 0 aliphatic heterocycles. The Bertz CT molecular complexity index is 884. The Morgan fingerprint density at radius 3 is 2.64 bits per heavy atom. The molecular formula is C22H24N2O4. The number of ether oxygens (including phenoxy) is 3. The average Bonchev–Trinajstić information content (AvgIpc) is 2.72. The number of hydrogen-bond donors (Lipinski definition) is 1. The third-order valence-corrected chi connectivity index (χ3v) is 3.95. The van der Waals surface area contributed by atoms with Crippen molar-refractivity contribution in [2.75, 3.05) is 26.1 Å². The molecule has 0 aromatic heterocycles. The van der Waals surface area contributed by atoms with Crippen molar-refractivity contribution in [3.8, 4) is 23.3 Å². The first-order chi connectivity index (χ1) is 13.6. The molecule has 0 aliphatic carbocycles. The minimum Gasteiger partial charge on any atom is -0.497 e. The Hall–Kier alpha value is -3.46. The molecule has 6 heteroatoms. The predicted molar refractivity (Wildman–Crippen MR) is 109 cm³/mol. The maximum atomic E-state index is 12.5. The highest BCUT2D eigenvalue weighted by Gasteiger charge is 2.11. The van der Waals surface area contributed by atoms with Gasteiger partial charge in [0.1, 0.15) is 17.4 Å². The van der Waals surface area contributed by atoms with Gasteiger partial charge in [-0.3, -0.25) is 4.79 Å². The topological polar surface area (TPSA) is 80.6 Å². The van der Waals surface area contributed by atoms with Crippen molar-refractivity contribution in [2.45, 2.75) is 19.8 Å². The highest BCUT2D eigenvalue weighted by Crippen LogP contribution is 2.29. The van der Waals surface area contributed by atoms with Crippen molar-refractivity contribution < 1.29 is 19.0 Å². The maximum Gasteiger partial charge on any atom is 0.266 e. The maximum absolute atomic E-state index is 12.5. The fourth-order valence-corrected chi connectivity index (χ4v) is 2.44. The van der Waals surface area contributed by atoms with E-state index in [0.29, 0.717) is 35.1 Å². The number of hydrogen-bond acceptors (Lipinski definition) is 5. The van der Waals surface area contributed by atoms with E-state index in [9.17, 15) is 10.1 Å². The summed E-state index contributed by atoms with van der Waals surface area (Å²) in [6.45, 7) is 2.65. The van der Waals surface area contributed by atoms with Crippen LogP contribution in [0.5, 0.6) is 17.2 Å². The van der Waals surface area contributed by atoms with Crippen molar-refractivity contribution in [1.82, 2.24) is 0 Å². The quantitative estimate of drug-likeness (QED) is 0.395. The molecule has 0 aliphatic rings. The molecule has 2 aromatic carbocycles. The Balaban J connectivity index is 2.21. The summed E-state index contributed by atoms with van der Waals surface area (Å²) in [5.41, 5.74) is 1.20. The molecule has 0 unspecified atom stereocenters. The van der Waals surface area contributed by atoms with Gasteiger partial charge in [0.05, 0.1) is 20.8 Å². The van der Waals surface area contributed by atoms with E-state index in [0.717, 1.165) is 12.8 Å². The first-order valence-electron chi connectivity index (χ1n) is 8.99. The molecule has 28 heavy (non-hydrogen) atoms. The van der Waals surface area contributed by atoms with Crippen molar-refractivity contribution in [3.63, 3.8) is 0 Å². The molecule has 0 atom stereocenters. The smallest absolute Gasteiger partial charge is 0.266 e. The average molecular weight is 380 g/mol. The summed E-state index contributed by atoms with van der Waals surface area (Å²) in [5, 5.41) is 12.1. The molecule has 6 nitrogen and oxygen atoms in total. The van der Waals surface area contributed by atoms with Gasteiger partial charge in [-0.05, 0) is 42.3 Å². The van der Waals surface area contributed by atoms with Gasteiger partial charge < -0.3 is 19.5 Å². The lowest BCUT2D eigenvalue weighted by Gasteiger charge is -2.11. The summed E-state index contributed by atoms with van der Waals surface area (Å²) < 4.78 is 16.2. The molecule has 2 aromatic rings. The van der Waals surface area contributed by atoms with Crippen LogP contribution in [0, 0.1) is 11.3 Å². The number of nitriles is 1. The number of nitrogens with one attached hydrogen (secondary N) is 1. The van der Waals surface area contributed by atoms with E-state index in [4.69, 9.17) is 14.2 Å². The molecule has 146 valence electrons. The molecule has 0 saturated carbocycles. The lowest BCUT2D eigenvalue weighted by Crippen LogP contribution is -2.13. The lowest BCUT2D eigenvalue weighted by molar-refractivity contribution is -0.112. The number of carbonyl (C=O) groups excluding carboxylic acids is 1. The van der Waals surface area contributed by atoms with Crippen LogP contribution in [0.15, 0.2) is 48.0 Å². The zero-order chi connectivity index (χ0) is 20.4. The first-order valence-corrected chi connectivity index (χ1v) is 8.99. The molecule has 1 amide bonds. The second-order valence-electron chi connectivity index (χ2n) is 5.97. The second kappa shape index (κ2) is 10.6. The van der Waals surface area contributed by atoms with Crippen molar-refractivity contribution in [3.05, 3.63) is 53.6 Å². The van der Waals surface area contributed by atoms with Crippen LogP contribution in [0.1, 0.15) is 25.3 Å². The summed E-state index contributed by atoms with van der Waals surface area (Å²) in [6.07, 6.45) is 3.46. The SMILES string of the molecule is CCCCOc1cc(/C=C(\C#N)C(=O)Nc2cccc(OC)c2)ccc1OC. The van der Waals surface area contributed by atoms with Crippen LogP contribution in [0.2, 0.25) is 0 Å². The fraction of sp³-hybridized carbons (Fsp3) is 0.273. The molecule has 0 heterocycles. The Morgan fingerprint density at radius 2 is 1.96 bits per heavy atom. The van der Waals surface area contributed by atoms with E-state index in [2.05, 4.69) is 12.2 Å². The number of anilines is 1. The summed E-state index contributed by atoms with van der Waals surface area (Å²) in [7, 11) is 3.12.